The number of nitrogens with one attached hydrogen (secondary N) is 1. The third-order valence-corrected chi connectivity index (χ3v) is 2.39. The molecule has 74 valence electrons. The zero-order chi connectivity index (χ0) is 9.97. The van der Waals surface area contributed by atoms with Gasteiger partial charge in [-0.15, -0.1) is 0 Å². The van der Waals surface area contributed by atoms with Crippen LogP contribution in [0.15, 0.2) is 29.3 Å². The van der Waals surface area contributed by atoms with Crippen molar-refractivity contribution in [2.75, 3.05) is 13.7 Å². The lowest BCUT2D eigenvalue weighted by atomic mass is 10.1. The summed E-state index contributed by atoms with van der Waals surface area (Å²) in [6.45, 7) is 2.84. The molecule has 0 aliphatic carbocycles. The molecule has 0 bridgehead atoms. The van der Waals surface area contributed by atoms with Gasteiger partial charge in [0.25, 0.3) is 6.02 Å². The van der Waals surface area contributed by atoms with E-state index in [1.807, 2.05) is 0 Å². The van der Waals surface area contributed by atoms with Crippen LogP contribution in [0, 0.1) is 6.92 Å². The molecule has 1 aliphatic rings. The average molecular weight is 190 g/mol. The van der Waals surface area contributed by atoms with Crippen LogP contribution in [0.2, 0.25) is 0 Å². The summed E-state index contributed by atoms with van der Waals surface area (Å²) in [5, 5.41) is 3.20. The lowest BCUT2D eigenvalue weighted by molar-refractivity contribution is 0.383. The third-order valence-electron chi connectivity index (χ3n) is 2.39. The fourth-order valence-corrected chi connectivity index (χ4v) is 1.53. The van der Waals surface area contributed by atoms with E-state index in [-0.39, 0.29) is 6.04 Å². The average Bonchev–Trinajstić information content (AvgIpc) is 2.67. The van der Waals surface area contributed by atoms with Crippen molar-refractivity contribution in [1.82, 2.24) is 5.32 Å². The van der Waals surface area contributed by atoms with E-state index in [9.17, 15) is 0 Å². The molecule has 14 heavy (non-hydrogen) atoms. The summed E-state index contributed by atoms with van der Waals surface area (Å²) in [6.07, 6.45) is 0. The Kier molecular flexibility index (Phi) is 2.39. The largest absolute Gasteiger partial charge is 0.469 e. The number of aliphatic imine (C=N–C) groups is 1. The van der Waals surface area contributed by atoms with Crippen LogP contribution in [0.5, 0.6) is 0 Å². The summed E-state index contributed by atoms with van der Waals surface area (Å²) < 4.78 is 5.03. The van der Waals surface area contributed by atoms with Gasteiger partial charge in [0.1, 0.15) is 0 Å². The summed E-state index contributed by atoms with van der Waals surface area (Å²) in [5.41, 5.74) is 2.53. The van der Waals surface area contributed by atoms with Crippen molar-refractivity contribution in [2.45, 2.75) is 13.0 Å². The maximum atomic E-state index is 5.03. The summed E-state index contributed by atoms with van der Waals surface area (Å²) in [7, 11) is 1.63. The highest BCUT2D eigenvalue weighted by Crippen LogP contribution is 2.17. The van der Waals surface area contributed by atoms with Crippen LogP contribution >= 0.6 is 0 Å². The summed E-state index contributed by atoms with van der Waals surface area (Å²) in [5.74, 6) is 0. The minimum absolute atomic E-state index is 0.269. The molecule has 0 saturated heterocycles. The normalized spacial score (nSPS) is 20.1. The second-order valence-corrected chi connectivity index (χ2v) is 3.46. The van der Waals surface area contributed by atoms with Gasteiger partial charge in [-0.1, -0.05) is 29.8 Å². The van der Waals surface area contributed by atoms with Crippen molar-refractivity contribution in [3.05, 3.63) is 35.4 Å². The first-order chi connectivity index (χ1) is 6.79. The minimum atomic E-state index is 0.269. The molecule has 0 fully saturated rings. The van der Waals surface area contributed by atoms with E-state index in [0.29, 0.717) is 6.02 Å². The molecule has 1 aromatic carbocycles. The van der Waals surface area contributed by atoms with Crippen molar-refractivity contribution >= 4 is 6.02 Å². The zero-order valence-electron chi connectivity index (χ0n) is 8.45. The van der Waals surface area contributed by atoms with Crippen molar-refractivity contribution in [3.63, 3.8) is 0 Å². The van der Waals surface area contributed by atoms with Crippen LogP contribution in [0.3, 0.4) is 0 Å². The number of hydrogen-bond acceptors (Lipinski definition) is 3. The highest BCUT2D eigenvalue weighted by atomic mass is 16.5. The van der Waals surface area contributed by atoms with E-state index in [2.05, 4.69) is 41.5 Å². The van der Waals surface area contributed by atoms with Gasteiger partial charge in [0, 0.05) is 0 Å². The van der Waals surface area contributed by atoms with Crippen LogP contribution in [-0.4, -0.2) is 19.7 Å². The minimum Gasteiger partial charge on any atom is -0.469 e. The number of aryl methyl sites for hydroxylation is 1. The quantitative estimate of drug-likeness (QED) is 0.730. The van der Waals surface area contributed by atoms with Gasteiger partial charge >= 0.3 is 0 Å². The Hall–Kier alpha value is -1.51. The lowest BCUT2D eigenvalue weighted by Gasteiger charge is -2.11. The smallest absolute Gasteiger partial charge is 0.284 e. The first kappa shape index (κ1) is 9.06. The molecule has 1 unspecified atom stereocenters. The number of rotatable bonds is 1. The Morgan fingerprint density at radius 3 is 2.64 bits per heavy atom. The van der Waals surface area contributed by atoms with Crippen LogP contribution in [0.4, 0.5) is 0 Å². The van der Waals surface area contributed by atoms with Crippen molar-refractivity contribution in [3.8, 4) is 0 Å². The first-order valence-corrected chi connectivity index (χ1v) is 4.71. The molecular weight excluding hydrogens is 176 g/mol. The van der Waals surface area contributed by atoms with Gasteiger partial charge in [-0.3, -0.25) is 0 Å². The molecule has 0 aromatic heterocycles. The number of ether oxygens (including phenoxy) is 1. The molecule has 0 amide bonds. The number of methoxy groups -OCH3 is 1. The Morgan fingerprint density at radius 1 is 1.36 bits per heavy atom. The monoisotopic (exact) mass is 190 g/mol. The van der Waals surface area contributed by atoms with Crippen LogP contribution in [0.1, 0.15) is 17.2 Å². The fourth-order valence-electron chi connectivity index (χ4n) is 1.53. The number of hydrogen-bond donors (Lipinski definition) is 1. The zero-order valence-corrected chi connectivity index (χ0v) is 8.45. The molecule has 2 rings (SSSR count). The highest BCUT2D eigenvalue weighted by Gasteiger charge is 2.18. The van der Waals surface area contributed by atoms with E-state index in [1.54, 1.807) is 7.11 Å². The molecule has 0 radical (unpaired) electrons. The third kappa shape index (κ3) is 1.71. The number of benzene rings is 1. The van der Waals surface area contributed by atoms with Gasteiger partial charge in [0.15, 0.2) is 0 Å². The molecule has 1 heterocycles. The van der Waals surface area contributed by atoms with Crippen LogP contribution < -0.4 is 5.32 Å². The van der Waals surface area contributed by atoms with Gasteiger partial charge in [-0.25, -0.2) is 4.99 Å². The molecule has 3 nitrogen and oxygen atoms in total. The summed E-state index contributed by atoms with van der Waals surface area (Å²) in [4.78, 5) is 4.22. The topological polar surface area (TPSA) is 33.6 Å². The molecule has 1 N–H and O–H groups in total. The Labute approximate surface area is 83.8 Å². The van der Waals surface area contributed by atoms with Gasteiger partial charge in [-0.2, -0.15) is 0 Å². The first-order valence-electron chi connectivity index (χ1n) is 4.71. The van der Waals surface area contributed by atoms with Gasteiger partial charge in [0.2, 0.25) is 0 Å². The molecule has 1 atom stereocenters. The summed E-state index contributed by atoms with van der Waals surface area (Å²) >= 11 is 0. The van der Waals surface area contributed by atoms with E-state index < -0.39 is 0 Å². The van der Waals surface area contributed by atoms with Crippen molar-refractivity contribution in [1.29, 1.82) is 0 Å². The number of amidine groups is 1. The van der Waals surface area contributed by atoms with Gasteiger partial charge < -0.3 is 10.1 Å². The lowest BCUT2D eigenvalue weighted by Crippen LogP contribution is -2.24. The van der Waals surface area contributed by atoms with Gasteiger partial charge in [-0.05, 0) is 12.5 Å². The highest BCUT2D eigenvalue weighted by molar-refractivity contribution is 5.75. The maximum absolute atomic E-state index is 5.03. The van der Waals surface area contributed by atoms with Crippen LogP contribution in [-0.2, 0) is 4.74 Å². The molecule has 3 heteroatoms. The maximum Gasteiger partial charge on any atom is 0.284 e. The second kappa shape index (κ2) is 3.70. The van der Waals surface area contributed by atoms with E-state index in [1.165, 1.54) is 11.1 Å². The van der Waals surface area contributed by atoms with Crippen molar-refractivity contribution in [2.24, 2.45) is 4.99 Å². The standard InChI is InChI=1S/C11H14N2O/c1-8-3-5-9(6-4-8)10-7-12-11(13-10)14-2/h3-6,10H,7H2,1-2H3,(H,12,13). The van der Waals surface area contributed by atoms with Gasteiger partial charge in [0.05, 0.1) is 19.7 Å². The van der Waals surface area contributed by atoms with E-state index in [0.717, 1.165) is 6.54 Å². The SMILES string of the molecule is COC1=NCC(c2ccc(C)cc2)N1. The Bertz CT molecular complexity index is 343. The fraction of sp³-hybridized carbons (Fsp3) is 0.364. The Morgan fingerprint density at radius 2 is 2.07 bits per heavy atom. The predicted molar refractivity (Wildman–Crippen MR) is 56.4 cm³/mol. The Balaban J connectivity index is 2.08. The molecule has 1 aliphatic heterocycles. The predicted octanol–water partition coefficient (Wildman–Crippen LogP) is 1.64. The molecular formula is C11H14N2O. The van der Waals surface area contributed by atoms with E-state index >= 15 is 0 Å². The number of nitrogens with zero attached hydrogens (tertiary/aromatic N) is 1. The van der Waals surface area contributed by atoms with E-state index in [4.69, 9.17) is 4.74 Å². The summed E-state index contributed by atoms with van der Waals surface area (Å²) in [6, 6.07) is 9.38. The molecule has 1 aromatic rings. The van der Waals surface area contributed by atoms with Crippen molar-refractivity contribution < 1.29 is 4.74 Å². The second-order valence-electron chi connectivity index (χ2n) is 3.46. The molecule has 0 spiro atoms. The van der Waals surface area contributed by atoms with Crippen LogP contribution in [0.25, 0.3) is 0 Å². The molecule has 0 saturated carbocycles.